The van der Waals surface area contributed by atoms with Gasteiger partial charge in [0.1, 0.15) is 5.71 Å². The maximum Gasteiger partial charge on any atom is 0.328 e. The molecule has 1 unspecified atom stereocenters. The molecule has 2 heterocycles. The number of carboxylic acids is 1. The van der Waals surface area contributed by atoms with Gasteiger partial charge in [-0.15, -0.1) is 0 Å². The van der Waals surface area contributed by atoms with E-state index in [-0.39, 0.29) is 30.1 Å². The number of anilines is 1. The van der Waals surface area contributed by atoms with Crippen LogP contribution in [-0.2, 0) is 14.3 Å². The number of benzene rings is 2. The Morgan fingerprint density at radius 2 is 1.79 bits per heavy atom. The number of rotatable bonds is 6. The molecule has 150 valence electrons. The fourth-order valence-corrected chi connectivity index (χ4v) is 3.84. The van der Waals surface area contributed by atoms with Crippen molar-refractivity contribution in [3.63, 3.8) is 0 Å². The van der Waals surface area contributed by atoms with Crippen molar-refractivity contribution in [1.29, 1.82) is 0 Å². The van der Waals surface area contributed by atoms with Crippen LogP contribution in [0.2, 0.25) is 0 Å². The smallest absolute Gasteiger partial charge is 0.328 e. The van der Waals surface area contributed by atoms with Crippen LogP contribution in [-0.4, -0.2) is 41.9 Å². The van der Waals surface area contributed by atoms with Gasteiger partial charge in [0.15, 0.2) is 6.04 Å². The fraction of sp³-hybridized carbons (Fsp3) is 0.318. The molecule has 0 bridgehead atoms. The summed E-state index contributed by atoms with van der Waals surface area (Å²) in [6.45, 7) is 1.12. The molecule has 0 aromatic heterocycles. The van der Waals surface area contributed by atoms with Gasteiger partial charge < -0.3 is 15.2 Å². The van der Waals surface area contributed by atoms with E-state index in [0.29, 0.717) is 18.8 Å². The van der Waals surface area contributed by atoms with E-state index in [0.717, 1.165) is 12.0 Å². The van der Waals surface area contributed by atoms with E-state index in [1.807, 2.05) is 48.5 Å². The van der Waals surface area contributed by atoms with Crippen LogP contribution in [0.3, 0.4) is 0 Å². The Morgan fingerprint density at radius 3 is 2.48 bits per heavy atom. The van der Waals surface area contributed by atoms with Crippen LogP contribution >= 0.6 is 0 Å². The quantitative estimate of drug-likeness (QED) is 0.787. The highest BCUT2D eigenvalue weighted by Crippen LogP contribution is 2.34. The van der Waals surface area contributed by atoms with Crippen molar-refractivity contribution in [3.8, 4) is 0 Å². The van der Waals surface area contributed by atoms with Gasteiger partial charge in [0.2, 0.25) is 0 Å². The van der Waals surface area contributed by atoms with Gasteiger partial charge in [0, 0.05) is 25.5 Å². The van der Waals surface area contributed by atoms with Crippen LogP contribution in [0.25, 0.3) is 0 Å². The molecular formula is C22H23N3O4. The third kappa shape index (κ3) is 4.14. The first-order valence-electron chi connectivity index (χ1n) is 9.73. The van der Waals surface area contributed by atoms with E-state index in [1.54, 1.807) is 12.1 Å². The number of ether oxygens (including phenoxy) is 1. The summed E-state index contributed by atoms with van der Waals surface area (Å²) in [5, 5.41) is 18.2. The second-order valence-corrected chi connectivity index (χ2v) is 7.25. The molecule has 2 aromatic rings. The van der Waals surface area contributed by atoms with Crippen molar-refractivity contribution >= 4 is 23.3 Å². The number of aliphatic carboxylic acids is 1. The lowest BCUT2D eigenvalue weighted by Gasteiger charge is -2.19. The average Bonchev–Trinajstić information content (AvgIpc) is 3.41. The van der Waals surface area contributed by atoms with Crippen molar-refractivity contribution in [2.45, 2.75) is 25.0 Å². The molecule has 4 rings (SSSR count). The largest absolute Gasteiger partial charge is 0.480 e. The Hall–Kier alpha value is -3.19. The van der Waals surface area contributed by atoms with Gasteiger partial charge in [0.25, 0.3) is 5.91 Å². The van der Waals surface area contributed by atoms with Gasteiger partial charge in [-0.1, -0.05) is 48.5 Å². The second-order valence-electron chi connectivity index (χ2n) is 7.25. The summed E-state index contributed by atoms with van der Waals surface area (Å²) in [7, 11) is 0. The molecule has 7 nitrogen and oxygen atoms in total. The lowest BCUT2D eigenvalue weighted by atomic mass is 9.95. The third-order valence-electron chi connectivity index (χ3n) is 5.35. The number of carbonyl (C=O) groups excluding carboxylic acids is 1. The first-order valence-corrected chi connectivity index (χ1v) is 9.73. The summed E-state index contributed by atoms with van der Waals surface area (Å²) in [6.07, 6.45) is 0.883. The molecule has 0 saturated carbocycles. The van der Waals surface area contributed by atoms with Crippen LogP contribution in [0.4, 0.5) is 5.69 Å². The number of nitrogens with zero attached hydrogens (tertiary/aromatic N) is 2. The van der Waals surface area contributed by atoms with E-state index in [9.17, 15) is 14.7 Å². The first-order chi connectivity index (χ1) is 14.1. The van der Waals surface area contributed by atoms with Crippen LogP contribution in [0, 0.1) is 5.92 Å². The normalized spacial score (nSPS) is 23.7. The van der Waals surface area contributed by atoms with E-state index in [4.69, 9.17) is 4.74 Å². The number of hydrazone groups is 1. The Kier molecular flexibility index (Phi) is 5.57. The van der Waals surface area contributed by atoms with Crippen LogP contribution < -0.4 is 10.3 Å². The summed E-state index contributed by atoms with van der Waals surface area (Å²) in [4.78, 5) is 24.3. The molecule has 1 amide bonds. The summed E-state index contributed by atoms with van der Waals surface area (Å²) in [5.41, 5.74) is 1.98. The van der Waals surface area contributed by atoms with Gasteiger partial charge in [-0.2, -0.15) is 5.10 Å². The van der Waals surface area contributed by atoms with Crippen molar-refractivity contribution in [1.82, 2.24) is 5.32 Å². The fourth-order valence-electron chi connectivity index (χ4n) is 3.84. The SMILES string of the molecule is O=C(NC[C@@H]1CCO[C@H]1c1ccccc1)C1=NN(c2ccccc2)C(C(=O)O)C1. The molecule has 0 radical (unpaired) electrons. The predicted molar refractivity (Wildman–Crippen MR) is 109 cm³/mol. The summed E-state index contributed by atoms with van der Waals surface area (Å²) < 4.78 is 5.87. The summed E-state index contributed by atoms with van der Waals surface area (Å²) in [6, 6.07) is 18.1. The molecule has 3 atom stereocenters. The van der Waals surface area contributed by atoms with E-state index in [2.05, 4.69) is 10.4 Å². The molecule has 0 spiro atoms. The number of nitrogens with one attached hydrogen (secondary N) is 1. The van der Waals surface area contributed by atoms with E-state index < -0.39 is 12.0 Å². The summed E-state index contributed by atoms with van der Waals surface area (Å²) >= 11 is 0. The minimum absolute atomic E-state index is 0.0467. The third-order valence-corrected chi connectivity index (χ3v) is 5.35. The number of carbonyl (C=O) groups is 2. The van der Waals surface area contributed by atoms with E-state index >= 15 is 0 Å². The van der Waals surface area contributed by atoms with Gasteiger partial charge >= 0.3 is 5.97 Å². The van der Waals surface area contributed by atoms with Crippen molar-refractivity contribution in [2.24, 2.45) is 11.0 Å². The number of hydrogen-bond acceptors (Lipinski definition) is 5. The molecule has 1 saturated heterocycles. The molecule has 2 N–H and O–H groups in total. The lowest BCUT2D eigenvalue weighted by molar-refractivity contribution is -0.138. The minimum atomic E-state index is -1.01. The van der Waals surface area contributed by atoms with Crippen LogP contribution in [0.5, 0.6) is 0 Å². The monoisotopic (exact) mass is 393 g/mol. The topological polar surface area (TPSA) is 91.2 Å². The lowest BCUT2D eigenvalue weighted by Crippen LogP contribution is -2.37. The highest BCUT2D eigenvalue weighted by molar-refractivity contribution is 6.40. The molecule has 2 aromatic carbocycles. The van der Waals surface area contributed by atoms with Crippen LogP contribution in [0.15, 0.2) is 65.8 Å². The number of hydrogen-bond donors (Lipinski definition) is 2. The maximum atomic E-state index is 12.7. The predicted octanol–water partition coefficient (Wildman–Crippen LogP) is 2.60. The van der Waals surface area contributed by atoms with Gasteiger partial charge in [-0.25, -0.2) is 4.79 Å². The Morgan fingerprint density at radius 1 is 1.10 bits per heavy atom. The van der Waals surface area contributed by atoms with Crippen molar-refractivity contribution in [2.75, 3.05) is 18.2 Å². The second kappa shape index (κ2) is 8.45. The van der Waals surface area contributed by atoms with Gasteiger partial charge in [0.05, 0.1) is 11.8 Å². The van der Waals surface area contributed by atoms with Crippen molar-refractivity contribution in [3.05, 3.63) is 66.2 Å². The molecule has 0 aliphatic carbocycles. The number of amides is 1. The molecule has 29 heavy (non-hydrogen) atoms. The van der Waals surface area contributed by atoms with E-state index in [1.165, 1.54) is 5.01 Å². The first kappa shape index (κ1) is 19.1. The minimum Gasteiger partial charge on any atom is -0.480 e. The summed E-state index contributed by atoms with van der Waals surface area (Å²) in [5.74, 6) is -1.16. The highest BCUT2D eigenvalue weighted by Gasteiger charge is 2.37. The Balaban J connectivity index is 1.42. The molecular weight excluding hydrogens is 370 g/mol. The molecule has 2 aliphatic heterocycles. The zero-order valence-electron chi connectivity index (χ0n) is 15.9. The Bertz CT molecular complexity index is 901. The van der Waals surface area contributed by atoms with Gasteiger partial charge in [-0.3, -0.25) is 9.80 Å². The molecule has 2 aliphatic rings. The highest BCUT2D eigenvalue weighted by atomic mass is 16.5. The van der Waals surface area contributed by atoms with Crippen LogP contribution in [0.1, 0.15) is 24.5 Å². The average molecular weight is 393 g/mol. The van der Waals surface area contributed by atoms with Gasteiger partial charge in [-0.05, 0) is 24.1 Å². The standard InChI is InChI=1S/C22H23N3O4/c26-21(23-14-16-11-12-29-20(16)15-7-3-1-4-8-15)18-13-19(22(27)28)25(24-18)17-9-5-2-6-10-17/h1-10,16,19-20H,11-14H2,(H,23,26)(H,27,28)/t16-,19?,20-/m0/s1. The number of carboxylic acid groups (broad SMARTS) is 1. The Labute approximate surface area is 169 Å². The number of para-hydroxylation sites is 1. The maximum absolute atomic E-state index is 12.7. The molecule has 1 fully saturated rings. The zero-order chi connectivity index (χ0) is 20.2. The zero-order valence-corrected chi connectivity index (χ0v) is 15.9. The van der Waals surface area contributed by atoms with Crippen molar-refractivity contribution < 1.29 is 19.4 Å². The molecule has 7 heteroatoms.